The van der Waals surface area contributed by atoms with Crippen LogP contribution in [0.25, 0.3) is 5.69 Å². The van der Waals surface area contributed by atoms with Crippen molar-refractivity contribution in [2.45, 2.75) is 11.3 Å². The molecule has 108 valence electrons. The van der Waals surface area contributed by atoms with Crippen LogP contribution < -0.4 is 4.72 Å². The Morgan fingerprint density at radius 1 is 1.40 bits per heavy atom. The predicted octanol–water partition coefficient (Wildman–Crippen LogP) is -0.0229. The van der Waals surface area contributed by atoms with Crippen LogP contribution in [0.2, 0.25) is 0 Å². The van der Waals surface area contributed by atoms with Gasteiger partial charge in [0.15, 0.2) is 0 Å². The lowest BCUT2D eigenvalue weighted by Crippen LogP contribution is -2.25. The van der Waals surface area contributed by atoms with Gasteiger partial charge in [0, 0.05) is 20.3 Å². The highest BCUT2D eigenvalue weighted by atomic mass is 32.2. The Balaban J connectivity index is 2.14. The molecule has 0 radical (unpaired) electrons. The second-order valence-corrected chi connectivity index (χ2v) is 5.76. The second-order valence-electron chi connectivity index (χ2n) is 4.00. The van der Waals surface area contributed by atoms with Gasteiger partial charge in [-0.1, -0.05) is 6.07 Å². The van der Waals surface area contributed by atoms with Crippen molar-refractivity contribution in [3.63, 3.8) is 0 Å². The molecule has 9 heteroatoms. The molecule has 0 aliphatic heterocycles. The van der Waals surface area contributed by atoms with Crippen LogP contribution in [0.4, 0.5) is 0 Å². The lowest BCUT2D eigenvalue weighted by atomic mass is 10.3. The zero-order valence-electron chi connectivity index (χ0n) is 10.9. The van der Waals surface area contributed by atoms with Gasteiger partial charge in [0.25, 0.3) is 0 Å². The van der Waals surface area contributed by atoms with E-state index in [9.17, 15) is 8.42 Å². The molecule has 0 aliphatic carbocycles. The molecule has 1 N–H and O–H groups in total. The lowest BCUT2D eigenvalue weighted by molar-refractivity contribution is 0.196. The third-order valence-electron chi connectivity index (χ3n) is 2.56. The number of methoxy groups -OCH3 is 1. The number of sulfonamides is 1. The van der Waals surface area contributed by atoms with E-state index in [-0.39, 0.29) is 4.90 Å². The van der Waals surface area contributed by atoms with Crippen molar-refractivity contribution in [1.82, 2.24) is 24.9 Å². The molecule has 0 bridgehead atoms. The summed E-state index contributed by atoms with van der Waals surface area (Å²) >= 11 is 0. The van der Waals surface area contributed by atoms with Gasteiger partial charge in [-0.05, 0) is 35.0 Å². The van der Waals surface area contributed by atoms with E-state index in [1.807, 2.05) is 0 Å². The number of hydrogen-bond donors (Lipinski definition) is 1. The first-order valence-electron chi connectivity index (χ1n) is 5.95. The molecule has 20 heavy (non-hydrogen) atoms. The Bertz CT molecular complexity index is 642. The monoisotopic (exact) mass is 297 g/mol. The molecule has 2 rings (SSSR count). The first-order chi connectivity index (χ1) is 9.63. The van der Waals surface area contributed by atoms with E-state index in [0.717, 1.165) is 0 Å². The van der Waals surface area contributed by atoms with Gasteiger partial charge >= 0.3 is 0 Å². The summed E-state index contributed by atoms with van der Waals surface area (Å²) in [6.07, 6.45) is 2.01. The van der Waals surface area contributed by atoms with E-state index in [4.69, 9.17) is 4.74 Å². The topological polar surface area (TPSA) is 99.0 Å². The summed E-state index contributed by atoms with van der Waals surface area (Å²) in [7, 11) is -1.97. The Hall–Kier alpha value is -1.84. The highest BCUT2D eigenvalue weighted by molar-refractivity contribution is 7.89. The minimum Gasteiger partial charge on any atom is -0.385 e. The SMILES string of the molecule is COCCCNS(=O)(=O)c1cccc(-n2cnnn2)c1. The number of nitrogens with one attached hydrogen (secondary N) is 1. The van der Waals surface area contributed by atoms with Crippen molar-refractivity contribution < 1.29 is 13.2 Å². The summed E-state index contributed by atoms with van der Waals surface area (Å²) in [6, 6.07) is 6.39. The molecule has 0 fully saturated rings. The van der Waals surface area contributed by atoms with Crippen LogP contribution in [-0.4, -0.2) is 48.9 Å². The zero-order valence-corrected chi connectivity index (χ0v) is 11.7. The Morgan fingerprint density at radius 3 is 2.95 bits per heavy atom. The van der Waals surface area contributed by atoms with Crippen molar-refractivity contribution in [3.8, 4) is 5.69 Å². The molecule has 0 amide bonds. The molecule has 0 atom stereocenters. The number of aromatic nitrogens is 4. The number of tetrazole rings is 1. The minimum atomic E-state index is -3.54. The maximum absolute atomic E-state index is 12.1. The van der Waals surface area contributed by atoms with Gasteiger partial charge in [-0.2, -0.15) is 0 Å². The van der Waals surface area contributed by atoms with Crippen LogP contribution in [0.1, 0.15) is 6.42 Å². The summed E-state index contributed by atoms with van der Waals surface area (Å²) in [4.78, 5) is 0.169. The van der Waals surface area contributed by atoms with Crippen LogP contribution in [0.3, 0.4) is 0 Å². The largest absolute Gasteiger partial charge is 0.385 e. The number of ether oxygens (including phenoxy) is 1. The molecule has 1 heterocycles. The van der Waals surface area contributed by atoms with Gasteiger partial charge in [0.1, 0.15) is 6.33 Å². The normalized spacial score (nSPS) is 11.7. The van der Waals surface area contributed by atoms with Crippen molar-refractivity contribution in [2.75, 3.05) is 20.3 Å². The Labute approximate surface area is 116 Å². The average Bonchev–Trinajstić information content (AvgIpc) is 2.98. The zero-order chi connectivity index (χ0) is 14.4. The second kappa shape index (κ2) is 6.55. The molecule has 0 spiro atoms. The third-order valence-corrected chi connectivity index (χ3v) is 4.02. The van der Waals surface area contributed by atoms with E-state index in [1.165, 1.54) is 23.1 Å². The smallest absolute Gasteiger partial charge is 0.240 e. The number of nitrogens with zero attached hydrogens (tertiary/aromatic N) is 4. The summed E-state index contributed by atoms with van der Waals surface area (Å²) in [5.41, 5.74) is 0.578. The average molecular weight is 297 g/mol. The molecule has 1 aromatic carbocycles. The summed E-state index contributed by atoms with van der Waals surface area (Å²) in [5.74, 6) is 0. The molecular formula is C11H15N5O3S. The Kier molecular flexibility index (Phi) is 4.77. The minimum absolute atomic E-state index is 0.169. The molecule has 0 unspecified atom stereocenters. The summed E-state index contributed by atoms with van der Waals surface area (Å²) in [5, 5.41) is 10.7. The highest BCUT2D eigenvalue weighted by Crippen LogP contribution is 2.13. The third kappa shape index (κ3) is 3.59. The van der Waals surface area contributed by atoms with Gasteiger partial charge in [-0.3, -0.25) is 0 Å². The van der Waals surface area contributed by atoms with E-state index < -0.39 is 10.0 Å². The molecule has 0 saturated heterocycles. The highest BCUT2D eigenvalue weighted by Gasteiger charge is 2.14. The van der Waals surface area contributed by atoms with Gasteiger partial charge in [0.2, 0.25) is 10.0 Å². The quantitative estimate of drug-likeness (QED) is 0.721. The summed E-state index contributed by atoms with van der Waals surface area (Å²) in [6.45, 7) is 0.832. The van der Waals surface area contributed by atoms with Crippen LogP contribution in [0.5, 0.6) is 0 Å². The fourth-order valence-electron chi connectivity index (χ4n) is 1.58. The number of rotatable bonds is 7. The number of benzene rings is 1. The maximum Gasteiger partial charge on any atom is 0.240 e. The molecule has 0 saturated carbocycles. The molecule has 0 aliphatic rings. The first-order valence-corrected chi connectivity index (χ1v) is 7.44. The van der Waals surface area contributed by atoms with E-state index in [2.05, 4.69) is 20.2 Å². The predicted molar refractivity (Wildman–Crippen MR) is 70.8 cm³/mol. The van der Waals surface area contributed by atoms with Gasteiger partial charge in [-0.25, -0.2) is 17.8 Å². The van der Waals surface area contributed by atoms with Crippen LogP contribution in [-0.2, 0) is 14.8 Å². The van der Waals surface area contributed by atoms with Crippen molar-refractivity contribution in [3.05, 3.63) is 30.6 Å². The van der Waals surface area contributed by atoms with Gasteiger partial charge in [0.05, 0.1) is 10.6 Å². The molecule has 1 aromatic heterocycles. The van der Waals surface area contributed by atoms with Crippen molar-refractivity contribution in [2.24, 2.45) is 0 Å². The van der Waals surface area contributed by atoms with Crippen molar-refractivity contribution >= 4 is 10.0 Å². The van der Waals surface area contributed by atoms with Crippen LogP contribution >= 0.6 is 0 Å². The van der Waals surface area contributed by atoms with Crippen LogP contribution in [0.15, 0.2) is 35.5 Å². The molecule has 8 nitrogen and oxygen atoms in total. The maximum atomic E-state index is 12.1. The fourth-order valence-corrected chi connectivity index (χ4v) is 2.69. The fraction of sp³-hybridized carbons (Fsp3) is 0.364. The van der Waals surface area contributed by atoms with E-state index in [1.54, 1.807) is 19.2 Å². The van der Waals surface area contributed by atoms with Crippen molar-refractivity contribution in [1.29, 1.82) is 0 Å². The van der Waals surface area contributed by atoms with E-state index in [0.29, 0.717) is 25.3 Å². The number of hydrogen-bond acceptors (Lipinski definition) is 6. The Morgan fingerprint density at radius 2 is 2.25 bits per heavy atom. The van der Waals surface area contributed by atoms with Gasteiger partial charge in [-0.15, -0.1) is 5.10 Å². The summed E-state index contributed by atoms with van der Waals surface area (Å²) < 4.78 is 33.0. The molecular weight excluding hydrogens is 282 g/mol. The van der Waals surface area contributed by atoms with Gasteiger partial charge < -0.3 is 4.74 Å². The first kappa shape index (κ1) is 14.6. The molecule has 2 aromatic rings. The lowest BCUT2D eigenvalue weighted by Gasteiger charge is -2.07. The standard InChI is InChI=1S/C11H15N5O3S/c1-19-7-3-6-13-20(17,18)11-5-2-4-10(8-11)16-9-12-14-15-16/h2,4-5,8-9,13H,3,6-7H2,1H3. The van der Waals surface area contributed by atoms with E-state index >= 15 is 0 Å². The van der Waals surface area contributed by atoms with Crippen LogP contribution in [0, 0.1) is 0 Å².